The van der Waals surface area contributed by atoms with Crippen LogP contribution in [0.2, 0.25) is 0 Å². The lowest BCUT2D eigenvalue weighted by molar-refractivity contribution is -0.0589. The van der Waals surface area contributed by atoms with E-state index in [2.05, 4.69) is 5.73 Å². The number of alkyl halides is 3. The number of anilines is 1. The molecule has 0 saturated carbocycles. The maximum atomic E-state index is 13.0. The van der Waals surface area contributed by atoms with E-state index >= 15 is 0 Å². The minimum absolute atomic E-state index is 1.61. The average Bonchev–Trinajstić information content (AvgIpc) is 2.22. The Morgan fingerprint density at radius 1 is 0.882 bits per heavy atom. The van der Waals surface area contributed by atoms with Crippen LogP contribution in [-0.4, -0.2) is 11.9 Å². The van der Waals surface area contributed by atoms with E-state index < -0.39 is 46.4 Å². The minimum Gasteiger partial charge on any atom is -0.396 e. The Morgan fingerprint density at radius 2 is 1.29 bits per heavy atom. The topological polar surface area (TPSA) is 49.9 Å². The molecule has 0 aliphatic heterocycles. The van der Waals surface area contributed by atoms with Crippen LogP contribution in [0.25, 0.3) is 0 Å². The Kier molecular flexibility index (Phi) is 3.04. The Balaban J connectivity index is 3.62. The fourth-order valence-electron chi connectivity index (χ4n) is 1.03. The minimum atomic E-state index is -5.37. The molecule has 1 aromatic rings. The molecule has 0 aliphatic carbocycles. The molecule has 0 amide bonds. The molecule has 0 saturated heterocycles. The van der Waals surface area contributed by atoms with Crippen LogP contribution in [0.1, 0.15) is 5.56 Å². The lowest BCUT2D eigenvalue weighted by Crippen LogP contribution is -2.26. The van der Waals surface area contributed by atoms with Crippen molar-refractivity contribution in [1.82, 2.24) is 0 Å². The third-order valence-corrected chi connectivity index (χ3v) is 1.84. The van der Waals surface area contributed by atoms with Gasteiger partial charge in [0.1, 0.15) is 5.71 Å². The van der Waals surface area contributed by atoms with Crippen molar-refractivity contribution in [2.45, 2.75) is 6.18 Å². The zero-order chi connectivity index (χ0) is 13.5. The highest BCUT2D eigenvalue weighted by atomic mass is 19.4. The lowest BCUT2D eigenvalue weighted by atomic mass is 10.1. The second-order valence-corrected chi connectivity index (χ2v) is 2.92. The van der Waals surface area contributed by atoms with Gasteiger partial charge in [-0.2, -0.15) is 13.2 Å². The van der Waals surface area contributed by atoms with Gasteiger partial charge in [-0.1, -0.05) is 0 Å². The first-order valence-corrected chi connectivity index (χ1v) is 3.86. The van der Waals surface area contributed by atoms with Crippen LogP contribution in [0.3, 0.4) is 0 Å². The summed E-state index contributed by atoms with van der Waals surface area (Å²) in [7, 11) is 0. The van der Waals surface area contributed by atoms with Crippen LogP contribution in [0, 0.1) is 28.7 Å². The summed E-state index contributed by atoms with van der Waals surface area (Å²) < 4.78 is 87.3. The summed E-state index contributed by atoms with van der Waals surface area (Å²) in [6, 6.07) is 0. The summed E-state index contributed by atoms with van der Waals surface area (Å²) in [5, 5.41) is 6.53. The summed E-state index contributed by atoms with van der Waals surface area (Å²) in [6.07, 6.45) is -5.37. The first-order chi connectivity index (χ1) is 7.59. The van der Waals surface area contributed by atoms with Crippen LogP contribution < -0.4 is 5.73 Å². The number of hydrogen-bond acceptors (Lipinski definition) is 2. The molecule has 0 unspecified atom stereocenters. The Morgan fingerprint density at radius 3 is 1.71 bits per heavy atom. The third-order valence-electron chi connectivity index (χ3n) is 1.84. The standard InChI is InChI=1S/C8H3F7N2/c9-2-1(7(17)8(13,14)15)6(16)5(12)4(11)3(2)10/h17H,16H2. The molecule has 1 rings (SSSR count). The van der Waals surface area contributed by atoms with E-state index in [-0.39, 0.29) is 0 Å². The van der Waals surface area contributed by atoms with Gasteiger partial charge in [0, 0.05) is 0 Å². The molecule has 0 heterocycles. The van der Waals surface area contributed by atoms with Crippen molar-refractivity contribution < 1.29 is 30.7 Å². The SMILES string of the molecule is N=C(c1c(N)c(F)c(F)c(F)c1F)C(F)(F)F. The van der Waals surface area contributed by atoms with Gasteiger partial charge in [0.15, 0.2) is 23.3 Å². The van der Waals surface area contributed by atoms with Gasteiger partial charge in [-0.15, -0.1) is 0 Å². The van der Waals surface area contributed by atoms with Gasteiger partial charge in [-0.05, 0) is 0 Å². The Hall–Kier alpha value is -1.80. The fourth-order valence-corrected chi connectivity index (χ4v) is 1.03. The molecular weight excluding hydrogens is 257 g/mol. The van der Waals surface area contributed by atoms with Crippen molar-refractivity contribution in [2.75, 3.05) is 5.73 Å². The summed E-state index contributed by atoms with van der Waals surface area (Å²) in [4.78, 5) is 0. The lowest BCUT2D eigenvalue weighted by Gasteiger charge is -2.13. The van der Waals surface area contributed by atoms with Crippen LogP contribution in [0.5, 0.6) is 0 Å². The van der Waals surface area contributed by atoms with E-state index in [9.17, 15) is 30.7 Å². The van der Waals surface area contributed by atoms with Crippen molar-refractivity contribution in [3.8, 4) is 0 Å². The quantitative estimate of drug-likeness (QED) is 0.263. The highest BCUT2D eigenvalue weighted by Gasteiger charge is 2.40. The summed E-state index contributed by atoms with van der Waals surface area (Å²) in [6.45, 7) is 0. The molecule has 0 atom stereocenters. The van der Waals surface area contributed by atoms with Crippen molar-refractivity contribution in [1.29, 1.82) is 5.41 Å². The number of halogens is 7. The van der Waals surface area contributed by atoms with Crippen LogP contribution >= 0.6 is 0 Å². The van der Waals surface area contributed by atoms with E-state index in [0.717, 1.165) is 0 Å². The first kappa shape index (κ1) is 13.3. The molecule has 0 spiro atoms. The van der Waals surface area contributed by atoms with Gasteiger partial charge < -0.3 is 5.73 Å². The number of nitrogens with one attached hydrogen (secondary N) is 1. The zero-order valence-electron chi connectivity index (χ0n) is 7.72. The van der Waals surface area contributed by atoms with Crippen molar-refractivity contribution in [3.63, 3.8) is 0 Å². The smallest absolute Gasteiger partial charge is 0.396 e. The molecule has 1 aromatic carbocycles. The highest BCUT2D eigenvalue weighted by Crippen LogP contribution is 2.31. The number of hydrogen-bond donors (Lipinski definition) is 2. The normalized spacial score (nSPS) is 11.7. The molecular formula is C8H3F7N2. The van der Waals surface area contributed by atoms with Crippen molar-refractivity contribution >= 4 is 11.4 Å². The number of nitrogen functional groups attached to an aromatic ring is 1. The van der Waals surface area contributed by atoms with Crippen LogP contribution in [0.4, 0.5) is 36.4 Å². The van der Waals surface area contributed by atoms with E-state index in [4.69, 9.17) is 5.41 Å². The first-order valence-electron chi connectivity index (χ1n) is 3.86. The largest absolute Gasteiger partial charge is 0.433 e. The van der Waals surface area contributed by atoms with E-state index in [0.29, 0.717) is 0 Å². The number of rotatable bonds is 1. The maximum Gasteiger partial charge on any atom is 0.433 e. The molecule has 0 bridgehead atoms. The van der Waals surface area contributed by atoms with Crippen LogP contribution in [0.15, 0.2) is 0 Å². The van der Waals surface area contributed by atoms with E-state index in [1.807, 2.05) is 0 Å². The molecule has 0 fully saturated rings. The molecule has 2 nitrogen and oxygen atoms in total. The van der Waals surface area contributed by atoms with Crippen molar-refractivity contribution in [3.05, 3.63) is 28.8 Å². The van der Waals surface area contributed by atoms with Gasteiger partial charge >= 0.3 is 6.18 Å². The van der Waals surface area contributed by atoms with Gasteiger partial charge in [0.2, 0.25) is 0 Å². The number of nitrogens with two attached hydrogens (primary N) is 1. The molecule has 3 N–H and O–H groups in total. The number of benzene rings is 1. The zero-order valence-corrected chi connectivity index (χ0v) is 7.72. The third kappa shape index (κ3) is 2.04. The second-order valence-electron chi connectivity index (χ2n) is 2.92. The molecule has 0 aromatic heterocycles. The molecule has 0 radical (unpaired) electrons. The second kappa shape index (κ2) is 3.90. The maximum absolute atomic E-state index is 13.0. The highest BCUT2D eigenvalue weighted by molar-refractivity contribution is 6.06. The average molecular weight is 260 g/mol. The summed E-state index contributed by atoms with van der Waals surface area (Å²) >= 11 is 0. The van der Waals surface area contributed by atoms with Crippen LogP contribution in [-0.2, 0) is 0 Å². The molecule has 0 aliphatic rings. The summed E-state index contributed by atoms with van der Waals surface area (Å²) in [5.74, 6) is -9.32. The van der Waals surface area contributed by atoms with Gasteiger partial charge in [-0.3, -0.25) is 5.41 Å². The predicted octanol–water partition coefficient (Wildman–Crippen LogP) is 2.76. The Labute approximate surface area is 89.3 Å². The van der Waals surface area contributed by atoms with Crippen molar-refractivity contribution in [2.24, 2.45) is 0 Å². The molecule has 17 heavy (non-hydrogen) atoms. The fraction of sp³-hybridized carbons (Fsp3) is 0.125. The molecule has 9 heteroatoms. The van der Waals surface area contributed by atoms with Gasteiger partial charge in [0.25, 0.3) is 0 Å². The molecule has 94 valence electrons. The van der Waals surface area contributed by atoms with E-state index in [1.54, 1.807) is 0 Å². The Bertz CT molecular complexity index is 463. The van der Waals surface area contributed by atoms with Gasteiger partial charge in [-0.25, -0.2) is 17.6 Å². The predicted molar refractivity (Wildman–Crippen MR) is 43.6 cm³/mol. The summed E-state index contributed by atoms with van der Waals surface area (Å²) in [5.41, 5.74) is -1.17. The van der Waals surface area contributed by atoms with E-state index in [1.165, 1.54) is 0 Å². The van der Waals surface area contributed by atoms with Gasteiger partial charge in [0.05, 0.1) is 11.3 Å². The monoisotopic (exact) mass is 260 g/mol.